The van der Waals surface area contributed by atoms with Crippen LogP contribution in [0.25, 0.3) is 0 Å². The Hall–Kier alpha value is 0.440. The standard InChI is InChI=1S/C8H13BrO/c9-4-6-1-5-2-7(6)8(10)3-5/h5-8,10H,1-4H2/t5?,6-,7?,8+/m0/s1. The lowest BCUT2D eigenvalue weighted by Crippen LogP contribution is -2.24. The molecule has 0 aliphatic heterocycles. The maximum atomic E-state index is 9.50. The summed E-state index contributed by atoms with van der Waals surface area (Å²) < 4.78 is 0. The van der Waals surface area contributed by atoms with Crippen LogP contribution in [0.4, 0.5) is 0 Å². The van der Waals surface area contributed by atoms with E-state index in [9.17, 15) is 5.11 Å². The molecule has 58 valence electrons. The van der Waals surface area contributed by atoms with Crippen LogP contribution in [0.1, 0.15) is 19.3 Å². The van der Waals surface area contributed by atoms with Crippen molar-refractivity contribution in [3.05, 3.63) is 0 Å². The van der Waals surface area contributed by atoms with Gasteiger partial charge in [0.25, 0.3) is 0 Å². The molecule has 0 radical (unpaired) electrons. The maximum Gasteiger partial charge on any atom is 0.0574 e. The fourth-order valence-corrected chi connectivity index (χ4v) is 3.38. The Labute approximate surface area is 69.9 Å². The first-order valence-corrected chi connectivity index (χ1v) is 5.17. The molecule has 2 fully saturated rings. The second-order valence-corrected chi connectivity index (χ2v) is 4.37. The van der Waals surface area contributed by atoms with Gasteiger partial charge in [0.15, 0.2) is 0 Å². The summed E-state index contributed by atoms with van der Waals surface area (Å²) in [6, 6.07) is 0. The lowest BCUT2D eigenvalue weighted by Gasteiger charge is -2.23. The van der Waals surface area contributed by atoms with Crippen molar-refractivity contribution in [2.45, 2.75) is 25.4 Å². The second-order valence-electron chi connectivity index (χ2n) is 3.72. The van der Waals surface area contributed by atoms with Gasteiger partial charge < -0.3 is 5.11 Å². The summed E-state index contributed by atoms with van der Waals surface area (Å²) >= 11 is 3.49. The lowest BCUT2D eigenvalue weighted by atomic mass is 9.88. The van der Waals surface area contributed by atoms with Crippen LogP contribution < -0.4 is 0 Å². The molecular formula is C8H13BrO. The van der Waals surface area contributed by atoms with Gasteiger partial charge in [-0.3, -0.25) is 0 Å². The number of alkyl halides is 1. The Morgan fingerprint density at radius 2 is 2.10 bits per heavy atom. The molecule has 10 heavy (non-hydrogen) atoms. The number of aliphatic hydroxyl groups is 1. The molecule has 0 saturated heterocycles. The predicted molar refractivity (Wildman–Crippen MR) is 44.1 cm³/mol. The van der Waals surface area contributed by atoms with Crippen LogP contribution >= 0.6 is 15.9 Å². The van der Waals surface area contributed by atoms with Crippen molar-refractivity contribution >= 4 is 15.9 Å². The summed E-state index contributed by atoms with van der Waals surface area (Å²) in [5, 5.41) is 10.6. The molecule has 0 aromatic rings. The molecule has 2 aliphatic rings. The molecule has 1 N–H and O–H groups in total. The fourth-order valence-electron chi connectivity index (χ4n) is 2.63. The van der Waals surface area contributed by atoms with Gasteiger partial charge in [-0.15, -0.1) is 0 Å². The minimum Gasteiger partial charge on any atom is -0.393 e. The van der Waals surface area contributed by atoms with Crippen LogP contribution in [-0.2, 0) is 0 Å². The summed E-state index contributed by atoms with van der Waals surface area (Å²) in [5.74, 6) is 2.25. The van der Waals surface area contributed by atoms with Crippen LogP contribution in [-0.4, -0.2) is 16.5 Å². The lowest BCUT2D eigenvalue weighted by molar-refractivity contribution is 0.0882. The van der Waals surface area contributed by atoms with Crippen LogP contribution in [0.15, 0.2) is 0 Å². The smallest absolute Gasteiger partial charge is 0.0574 e. The Bertz CT molecular complexity index is 135. The molecule has 0 aromatic carbocycles. The van der Waals surface area contributed by atoms with E-state index in [0.717, 1.165) is 23.6 Å². The van der Waals surface area contributed by atoms with Crippen LogP contribution in [0.2, 0.25) is 0 Å². The second kappa shape index (κ2) is 2.49. The van der Waals surface area contributed by atoms with E-state index in [0.29, 0.717) is 5.92 Å². The molecule has 2 unspecified atom stereocenters. The summed E-state index contributed by atoms with van der Waals surface area (Å²) in [5.41, 5.74) is 0. The van der Waals surface area contributed by atoms with Crippen molar-refractivity contribution in [2.24, 2.45) is 17.8 Å². The van der Waals surface area contributed by atoms with Crippen LogP contribution in [0, 0.1) is 17.8 Å². The minimum absolute atomic E-state index is 0.0290. The quantitative estimate of drug-likeness (QED) is 0.647. The van der Waals surface area contributed by atoms with Crippen molar-refractivity contribution in [2.75, 3.05) is 5.33 Å². The Morgan fingerprint density at radius 1 is 1.30 bits per heavy atom. The fraction of sp³-hybridized carbons (Fsp3) is 1.00. The molecule has 0 aromatic heterocycles. The number of aliphatic hydroxyl groups excluding tert-OH is 1. The first-order valence-electron chi connectivity index (χ1n) is 4.05. The van der Waals surface area contributed by atoms with Gasteiger partial charge in [-0.25, -0.2) is 0 Å². The molecule has 2 aliphatic carbocycles. The summed E-state index contributed by atoms with van der Waals surface area (Å²) in [4.78, 5) is 0. The molecule has 2 bridgehead atoms. The van der Waals surface area contributed by atoms with E-state index in [2.05, 4.69) is 15.9 Å². The Kier molecular flexibility index (Phi) is 1.77. The normalized spacial score (nSPS) is 52.2. The molecular weight excluding hydrogens is 192 g/mol. The highest BCUT2D eigenvalue weighted by Crippen LogP contribution is 2.48. The highest BCUT2D eigenvalue weighted by atomic mass is 79.9. The molecule has 0 amide bonds. The topological polar surface area (TPSA) is 20.2 Å². The molecule has 0 heterocycles. The van der Waals surface area contributed by atoms with Gasteiger partial charge >= 0.3 is 0 Å². The van der Waals surface area contributed by atoms with Gasteiger partial charge in [0, 0.05) is 5.33 Å². The zero-order valence-electron chi connectivity index (χ0n) is 5.96. The number of fused-ring (bicyclic) bond motifs is 2. The van der Waals surface area contributed by atoms with Crippen molar-refractivity contribution in [3.8, 4) is 0 Å². The van der Waals surface area contributed by atoms with Crippen molar-refractivity contribution in [1.29, 1.82) is 0 Å². The molecule has 4 atom stereocenters. The average molecular weight is 205 g/mol. The highest BCUT2D eigenvalue weighted by molar-refractivity contribution is 9.09. The minimum atomic E-state index is 0.0290. The van der Waals surface area contributed by atoms with E-state index < -0.39 is 0 Å². The summed E-state index contributed by atoms with van der Waals surface area (Å²) in [6.07, 6.45) is 3.75. The van der Waals surface area contributed by atoms with E-state index in [1.807, 2.05) is 0 Å². The third-order valence-electron chi connectivity index (χ3n) is 3.11. The van der Waals surface area contributed by atoms with E-state index in [1.54, 1.807) is 0 Å². The molecule has 2 rings (SSSR count). The summed E-state index contributed by atoms with van der Waals surface area (Å²) in [6.45, 7) is 0. The number of hydrogen-bond acceptors (Lipinski definition) is 1. The summed E-state index contributed by atoms with van der Waals surface area (Å²) in [7, 11) is 0. The molecule has 0 spiro atoms. The SMILES string of the molecule is O[C@@H]1CC2CC1[C@H](CBr)C2. The zero-order valence-corrected chi connectivity index (χ0v) is 7.55. The van der Waals surface area contributed by atoms with Crippen LogP contribution in [0.3, 0.4) is 0 Å². The Morgan fingerprint density at radius 3 is 2.50 bits per heavy atom. The average Bonchev–Trinajstić information content (AvgIpc) is 2.44. The van der Waals surface area contributed by atoms with E-state index >= 15 is 0 Å². The van der Waals surface area contributed by atoms with Gasteiger partial charge in [0.1, 0.15) is 0 Å². The maximum absolute atomic E-state index is 9.50. The zero-order chi connectivity index (χ0) is 7.14. The molecule has 2 heteroatoms. The van der Waals surface area contributed by atoms with Crippen molar-refractivity contribution < 1.29 is 5.11 Å². The third kappa shape index (κ3) is 0.928. The van der Waals surface area contributed by atoms with E-state index in [4.69, 9.17) is 0 Å². The molecule has 2 saturated carbocycles. The number of rotatable bonds is 1. The first-order chi connectivity index (χ1) is 4.81. The van der Waals surface area contributed by atoms with Gasteiger partial charge in [0.2, 0.25) is 0 Å². The largest absolute Gasteiger partial charge is 0.393 e. The van der Waals surface area contributed by atoms with Gasteiger partial charge in [-0.05, 0) is 37.0 Å². The number of halogens is 1. The van der Waals surface area contributed by atoms with Gasteiger partial charge in [-0.2, -0.15) is 0 Å². The predicted octanol–water partition coefficient (Wildman–Crippen LogP) is 1.79. The van der Waals surface area contributed by atoms with E-state index in [-0.39, 0.29) is 6.10 Å². The third-order valence-corrected chi connectivity index (χ3v) is 3.95. The van der Waals surface area contributed by atoms with Crippen molar-refractivity contribution in [1.82, 2.24) is 0 Å². The van der Waals surface area contributed by atoms with E-state index in [1.165, 1.54) is 12.8 Å². The van der Waals surface area contributed by atoms with Crippen LogP contribution in [0.5, 0.6) is 0 Å². The monoisotopic (exact) mass is 204 g/mol. The number of hydrogen-bond donors (Lipinski definition) is 1. The Balaban J connectivity index is 2.06. The van der Waals surface area contributed by atoms with Crippen molar-refractivity contribution in [3.63, 3.8) is 0 Å². The first kappa shape index (κ1) is 7.11. The van der Waals surface area contributed by atoms with Gasteiger partial charge in [0.05, 0.1) is 6.10 Å². The molecule has 1 nitrogen and oxygen atoms in total. The highest BCUT2D eigenvalue weighted by Gasteiger charge is 2.44. The van der Waals surface area contributed by atoms with Gasteiger partial charge in [-0.1, -0.05) is 15.9 Å².